The molecule has 0 radical (unpaired) electrons. The van der Waals surface area contributed by atoms with E-state index in [0.29, 0.717) is 12.0 Å². The average Bonchev–Trinajstić information content (AvgIpc) is 3.28. The molecule has 1 atom stereocenters. The van der Waals surface area contributed by atoms with Gasteiger partial charge in [0.1, 0.15) is 0 Å². The molecule has 0 aromatic heterocycles. The van der Waals surface area contributed by atoms with Gasteiger partial charge >= 0.3 is 0 Å². The van der Waals surface area contributed by atoms with Crippen molar-refractivity contribution in [3.8, 4) is 0 Å². The molecule has 3 N–H and O–H groups in total. The molecular formula is C18H35N5S. The van der Waals surface area contributed by atoms with Gasteiger partial charge in [0.15, 0.2) is 5.96 Å². The van der Waals surface area contributed by atoms with Crippen LogP contribution in [0.4, 0.5) is 0 Å². The lowest BCUT2D eigenvalue weighted by Gasteiger charge is -2.42. The minimum atomic E-state index is 0.288. The highest BCUT2D eigenvalue weighted by molar-refractivity contribution is 7.99. The number of nitrogens with zero attached hydrogens (tertiary/aromatic N) is 3. The molecule has 138 valence electrons. The van der Waals surface area contributed by atoms with Gasteiger partial charge in [-0.3, -0.25) is 14.8 Å². The Morgan fingerprint density at radius 3 is 2.67 bits per heavy atom. The zero-order valence-electron chi connectivity index (χ0n) is 15.3. The highest BCUT2D eigenvalue weighted by Gasteiger charge is 2.39. The van der Waals surface area contributed by atoms with Crippen molar-refractivity contribution in [2.24, 2.45) is 10.7 Å². The molecule has 1 unspecified atom stereocenters. The molecule has 2 saturated heterocycles. The Bertz CT molecular complexity index is 416. The van der Waals surface area contributed by atoms with Crippen LogP contribution in [0.2, 0.25) is 0 Å². The summed E-state index contributed by atoms with van der Waals surface area (Å²) in [6, 6.07) is 0.628. The third-order valence-electron chi connectivity index (χ3n) is 6.18. The van der Waals surface area contributed by atoms with E-state index in [0.717, 1.165) is 19.6 Å². The second-order valence-corrected chi connectivity index (χ2v) is 8.76. The first-order valence-electron chi connectivity index (χ1n) is 9.84. The summed E-state index contributed by atoms with van der Waals surface area (Å²) in [7, 11) is 0. The maximum atomic E-state index is 6.20. The standard InChI is InChI=1S/C18H35N5S/c1-2-22-9-5-6-16(22)14-20-17(19)21-15-18(7-3-4-8-18)23-10-12-24-13-11-23/h16H,2-15H2,1H3,(H3,19,20,21). The quantitative estimate of drug-likeness (QED) is 0.563. The first-order chi connectivity index (χ1) is 11.7. The molecule has 24 heavy (non-hydrogen) atoms. The Morgan fingerprint density at radius 2 is 1.96 bits per heavy atom. The molecule has 2 aliphatic heterocycles. The Labute approximate surface area is 151 Å². The van der Waals surface area contributed by atoms with Crippen LogP contribution in [0, 0.1) is 0 Å². The zero-order chi connectivity index (χ0) is 16.8. The van der Waals surface area contributed by atoms with Crippen LogP contribution in [0.25, 0.3) is 0 Å². The van der Waals surface area contributed by atoms with E-state index < -0.39 is 0 Å². The van der Waals surface area contributed by atoms with Gasteiger partial charge in [-0.05, 0) is 38.8 Å². The molecule has 3 fully saturated rings. The maximum absolute atomic E-state index is 6.20. The van der Waals surface area contributed by atoms with Crippen LogP contribution in [0.1, 0.15) is 45.4 Å². The Hall–Kier alpha value is -0.460. The van der Waals surface area contributed by atoms with Crippen LogP contribution < -0.4 is 11.1 Å². The number of aliphatic imine (C=N–C) groups is 1. The number of likely N-dealkylation sites (tertiary alicyclic amines) is 1. The van der Waals surface area contributed by atoms with E-state index in [2.05, 4.69) is 33.8 Å². The summed E-state index contributed by atoms with van der Waals surface area (Å²) >= 11 is 2.09. The minimum Gasteiger partial charge on any atom is -0.370 e. The summed E-state index contributed by atoms with van der Waals surface area (Å²) < 4.78 is 0. The molecule has 0 bridgehead atoms. The van der Waals surface area contributed by atoms with Crippen molar-refractivity contribution in [2.45, 2.75) is 57.0 Å². The molecule has 0 spiro atoms. The number of thioether (sulfide) groups is 1. The molecule has 0 amide bonds. The number of hydrogen-bond acceptors (Lipinski definition) is 4. The van der Waals surface area contributed by atoms with E-state index in [4.69, 9.17) is 10.7 Å². The summed E-state index contributed by atoms with van der Waals surface area (Å²) in [5.41, 5.74) is 6.49. The highest BCUT2D eigenvalue weighted by atomic mass is 32.2. The predicted molar refractivity (Wildman–Crippen MR) is 105 cm³/mol. The number of hydrogen-bond donors (Lipinski definition) is 2. The summed E-state index contributed by atoms with van der Waals surface area (Å²) in [6.07, 6.45) is 7.87. The van der Waals surface area contributed by atoms with E-state index in [1.165, 1.54) is 69.7 Å². The highest BCUT2D eigenvalue weighted by Crippen LogP contribution is 2.37. The van der Waals surface area contributed by atoms with Crippen molar-refractivity contribution in [1.82, 2.24) is 15.1 Å². The summed E-state index contributed by atoms with van der Waals surface area (Å²) in [5.74, 6) is 3.19. The van der Waals surface area contributed by atoms with Crippen LogP contribution in [0.15, 0.2) is 4.99 Å². The van der Waals surface area contributed by atoms with Crippen LogP contribution >= 0.6 is 11.8 Å². The maximum Gasteiger partial charge on any atom is 0.188 e. The van der Waals surface area contributed by atoms with Gasteiger partial charge in [-0.25, -0.2) is 0 Å². The van der Waals surface area contributed by atoms with Gasteiger partial charge in [0, 0.05) is 42.7 Å². The fraction of sp³-hybridized carbons (Fsp3) is 0.944. The smallest absolute Gasteiger partial charge is 0.188 e. The number of likely N-dealkylation sites (N-methyl/N-ethyl adjacent to an activating group) is 1. The molecule has 0 aromatic carbocycles. The SMILES string of the molecule is CCN1CCCC1CNC(N)=NCC1(N2CCSCC2)CCCC1. The third kappa shape index (κ3) is 4.38. The van der Waals surface area contributed by atoms with Crippen molar-refractivity contribution in [2.75, 3.05) is 50.8 Å². The molecule has 5 nitrogen and oxygen atoms in total. The monoisotopic (exact) mass is 353 g/mol. The van der Waals surface area contributed by atoms with Gasteiger partial charge in [-0.2, -0.15) is 11.8 Å². The fourth-order valence-corrected chi connectivity index (χ4v) is 5.60. The largest absolute Gasteiger partial charge is 0.370 e. The lowest BCUT2D eigenvalue weighted by atomic mass is 9.95. The minimum absolute atomic E-state index is 0.288. The van der Waals surface area contributed by atoms with E-state index in [-0.39, 0.29) is 5.54 Å². The van der Waals surface area contributed by atoms with Crippen LogP contribution in [-0.4, -0.2) is 78.1 Å². The molecule has 1 saturated carbocycles. The van der Waals surface area contributed by atoms with Gasteiger partial charge in [0.05, 0.1) is 6.54 Å². The molecule has 3 rings (SSSR count). The molecule has 6 heteroatoms. The summed E-state index contributed by atoms with van der Waals surface area (Å²) in [4.78, 5) is 10.0. The number of nitrogens with two attached hydrogens (primary N) is 1. The van der Waals surface area contributed by atoms with E-state index in [9.17, 15) is 0 Å². The van der Waals surface area contributed by atoms with Crippen molar-refractivity contribution in [3.05, 3.63) is 0 Å². The van der Waals surface area contributed by atoms with E-state index >= 15 is 0 Å². The zero-order valence-corrected chi connectivity index (χ0v) is 16.1. The lowest BCUT2D eigenvalue weighted by Crippen LogP contribution is -2.53. The third-order valence-corrected chi connectivity index (χ3v) is 7.13. The number of rotatable bonds is 6. The summed E-state index contributed by atoms with van der Waals surface area (Å²) in [6.45, 7) is 8.88. The van der Waals surface area contributed by atoms with Gasteiger partial charge in [-0.15, -0.1) is 0 Å². The Kier molecular flexibility index (Phi) is 6.70. The second kappa shape index (κ2) is 8.77. The number of nitrogens with one attached hydrogen (secondary N) is 1. The molecule has 1 aliphatic carbocycles. The topological polar surface area (TPSA) is 56.9 Å². The van der Waals surface area contributed by atoms with Gasteiger partial charge in [0.25, 0.3) is 0 Å². The van der Waals surface area contributed by atoms with Crippen molar-refractivity contribution in [1.29, 1.82) is 0 Å². The van der Waals surface area contributed by atoms with Gasteiger partial charge < -0.3 is 11.1 Å². The van der Waals surface area contributed by atoms with E-state index in [1.807, 2.05) is 0 Å². The normalized spacial score (nSPS) is 29.2. The van der Waals surface area contributed by atoms with Crippen molar-refractivity contribution in [3.63, 3.8) is 0 Å². The first kappa shape index (κ1) is 18.3. The molecule has 3 aliphatic rings. The van der Waals surface area contributed by atoms with Crippen LogP contribution in [0.3, 0.4) is 0 Å². The summed E-state index contributed by atoms with van der Waals surface area (Å²) in [5, 5.41) is 3.40. The van der Waals surface area contributed by atoms with Crippen LogP contribution in [-0.2, 0) is 0 Å². The van der Waals surface area contributed by atoms with Crippen molar-refractivity contribution < 1.29 is 0 Å². The predicted octanol–water partition coefficient (Wildman–Crippen LogP) is 1.74. The Morgan fingerprint density at radius 1 is 1.21 bits per heavy atom. The second-order valence-electron chi connectivity index (χ2n) is 7.54. The number of guanidine groups is 1. The molecule has 0 aromatic rings. The van der Waals surface area contributed by atoms with Gasteiger partial charge in [-0.1, -0.05) is 19.8 Å². The van der Waals surface area contributed by atoms with Crippen LogP contribution in [0.5, 0.6) is 0 Å². The Balaban J connectivity index is 1.52. The lowest BCUT2D eigenvalue weighted by molar-refractivity contribution is 0.112. The first-order valence-corrected chi connectivity index (χ1v) is 11.0. The average molecular weight is 354 g/mol. The molecular weight excluding hydrogens is 318 g/mol. The fourth-order valence-electron chi connectivity index (χ4n) is 4.70. The van der Waals surface area contributed by atoms with Crippen molar-refractivity contribution >= 4 is 17.7 Å². The molecule has 2 heterocycles. The van der Waals surface area contributed by atoms with E-state index in [1.54, 1.807) is 0 Å². The van der Waals surface area contributed by atoms with Gasteiger partial charge in [0.2, 0.25) is 0 Å².